The zero-order valence-electron chi connectivity index (χ0n) is 11.2. The van der Waals surface area contributed by atoms with Crippen LogP contribution in [0.25, 0.3) is 0 Å². The third-order valence-electron chi connectivity index (χ3n) is 3.89. The summed E-state index contributed by atoms with van der Waals surface area (Å²) < 4.78 is 0. The molecule has 0 radical (unpaired) electrons. The fourth-order valence-electron chi connectivity index (χ4n) is 2.32. The highest BCUT2D eigenvalue weighted by molar-refractivity contribution is 6.33. The molecule has 0 atom stereocenters. The topological polar surface area (TPSA) is 41.3 Å². The van der Waals surface area contributed by atoms with Crippen molar-refractivity contribution in [3.8, 4) is 0 Å². The van der Waals surface area contributed by atoms with Crippen LogP contribution in [0.3, 0.4) is 0 Å². The summed E-state index contributed by atoms with van der Waals surface area (Å²) in [7, 11) is 2.18. The Morgan fingerprint density at radius 3 is 2.67 bits per heavy atom. The van der Waals surface area contributed by atoms with Crippen molar-refractivity contribution in [3.63, 3.8) is 0 Å². The lowest BCUT2D eigenvalue weighted by molar-refractivity contribution is 0.150. The number of nitrogen functional groups attached to an aromatic ring is 1. The molecule has 18 heavy (non-hydrogen) atoms. The van der Waals surface area contributed by atoms with E-state index in [1.54, 1.807) is 6.07 Å². The maximum absolute atomic E-state index is 6.17. The largest absolute Gasteiger partial charge is 0.399 e. The average Bonchev–Trinajstić information content (AvgIpc) is 2.32. The molecule has 0 aliphatic carbocycles. The summed E-state index contributed by atoms with van der Waals surface area (Å²) in [5, 5.41) is 4.16. The van der Waals surface area contributed by atoms with E-state index in [2.05, 4.69) is 24.2 Å². The van der Waals surface area contributed by atoms with Crippen LogP contribution in [0.4, 0.5) is 11.4 Å². The maximum Gasteiger partial charge on any atom is 0.0657 e. The second-order valence-corrected chi connectivity index (χ2v) is 6.11. The summed E-state index contributed by atoms with van der Waals surface area (Å²) in [6.45, 7) is 5.66. The van der Waals surface area contributed by atoms with E-state index in [1.807, 2.05) is 12.1 Å². The molecule has 0 saturated carbocycles. The van der Waals surface area contributed by atoms with Crippen molar-refractivity contribution in [1.82, 2.24) is 4.90 Å². The van der Waals surface area contributed by atoms with E-state index in [4.69, 9.17) is 17.3 Å². The molecule has 1 aliphatic rings. The molecule has 1 aliphatic heterocycles. The fourth-order valence-corrected chi connectivity index (χ4v) is 2.57. The summed E-state index contributed by atoms with van der Waals surface area (Å²) in [6, 6.07) is 5.63. The predicted molar refractivity (Wildman–Crippen MR) is 79.2 cm³/mol. The van der Waals surface area contributed by atoms with Crippen LogP contribution < -0.4 is 11.1 Å². The molecule has 4 heteroatoms. The van der Waals surface area contributed by atoms with Crippen molar-refractivity contribution in [1.29, 1.82) is 0 Å². The van der Waals surface area contributed by atoms with Crippen molar-refractivity contribution >= 4 is 23.0 Å². The van der Waals surface area contributed by atoms with E-state index in [1.165, 1.54) is 25.9 Å². The first-order chi connectivity index (χ1) is 8.48. The Balaban J connectivity index is 1.94. The molecular weight excluding hydrogens is 246 g/mol. The molecule has 3 N–H and O–H groups in total. The number of hydrogen-bond donors (Lipinski definition) is 2. The van der Waals surface area contributed by atoms with Gasteiger partial charge in [-0.15, -0.1) is 0 Å². The molecule has 1 heterocycles. The first-order valence-corrected chi connectivity index (χ1v) is 6.84. The first kappa shape index (κ1) is 13.5. The Labute approximate surface area is 114 Å². The fraction of sp³-hybridized carbons (Fsp3) is 0.571. The van der Waals surface area contributed by atoms with Gasteiger partial charge in [0, 0.05) is 12.2 Å². The molecule has 2 rings (SSSR count). The van der Waals surface area contributed by atoms with Gasteiger partial charge in [-0.3, -0.25) is 0 Å². The third kappa shape index (κ3) is 3.30. The van der Waals surface area contributed by atoms with Crippen molar-refractivity contribution in [3.05, 3.63) is 23.2 Å². The quantitative estimate of drug-likeness (QED) is 0.827. The van der Waals surface area contributed by atoms with Crippen LogP contribution >= 0.6 is 11.6 Å². The van der Waals surface area contributed by atoms with E-state index in [0.717, 1.165) is 12.2 Å². The van der Waals surface area contributed by atoms with Gasteiger partial charge in [-0.05, 0) is 56.6 Å². The molecule has 0 unspecified atom stereocenters. The van der Waals surface area contributed by atoms with E-state index >= 15 is 0 Å². The lowest BCUT2D eigenvalue weighted by atomic mass is 9.80. The number of nitrogens with zero attached hydrogens (tertiary/aromatic N) is 1. The Bertz CT molecular complexity index is 412. The van der Waals surface area contributed by atoms with Gasteiger partial charge in [0.05, 0.1) is 10.7 Å². The number of halogens is 1. The highest BCUT2D eigenvalue weighted by Gasteiger charge is 2.28. The SMILES string of the molecule is CN1CCC(C)(CNc2ccc(N)cc2Cl)CC1. The van der Waals surface area contributed by atoms with Crippen LogP contribution in [0.2, 0.25) is 5.02 Å². The Morgan fingerprint density at radius 2 is 2.06 bits per heavy atom. The lowest BCUT2D eigenvalue weighted by Crippen LogP contribution is -2.40. The Morgan fingerprint density at radius 1 is 1.39 bits per heavy atom. The monoisotopic (exact) mass is 267 g/mol. The number of nitrogens with one attached hydrogen (secondary N) is 1. The van der Waals surface area contributed by atoms with E-state index in [-0.39, 0.29) is 0 Å². The van der Waals surface area contributed by atoms with Gasteiger partial charge in [-0.2, -0.15) is 0 Å². The summed E-state index contributed by atoms with van der Waals surface area (Å²) in [6.07, 6.45) is 2.45. The van der Waals surface area contributed by atoms with Crippen LogP contribution in [-0.2, 0) is 0 Å². The summed E-state index contributed by atoms with van der Waals surface area (Å²) >= 11 is 6.17. The molecule has 1 aromatic rings. The number of anilines is 2. The van der Waals surface area contributed by atoms with Gasteiger partial charge in [0.1, 0.15) is 0 Å². The predicted octanol–water partition coefficient (Wildman–Crippen LogP) is 3.07. The van der Waals surface area contributed by atoms with Gasteiger partial charge in [0.25, 0.3) is 0 Å². The van der Waals surface area contributed by atoms with Gasteiger partial charge >= 0.3 is 0 Å². The smallest absolute Gasteiger partial charge is 0.0657 e. The van der Waals surface area contributed by atoms with Crippen LogP contribution in [0.1, 0.15) is 19.8 Å². The van der Waals surface area contributed by atoms with Crippen molar-refractivity contribution in [2.45, 2.75) is 19.8 Å². The Kier molecular flexibility index (Phi) is 4.03. The number of likely N-dealkylation sites (tertiary alicyclic amines) is 1. The highest BCUT2D eigenvalue weighted by atomic mass is 35.5. The van der Waals surface area contributed by atoms with Gasteiger partial charge < -0.3 is 16.0 Å². The maximum atomic E-state index is 6.17. The second-order valence-electron chi connectivity index (χ2n) is 5.71. The van der Waals surface area contributed by atoms with Crippen LogP contribution in [-0.4, -0.2) is 31.6 Å². The van der Waals surface area contributed by atoms with Crippen LogP contribution in [0.15, 0.2) is 18.2 Å². The summed E-state index contributed by atoms with van der Waals surface area (Å²) in [5.41, 5.74) is 7.73. The van der Waals surface area contributed by atoms with E-state index in [9.17, 15) is 0 Å². The molecule has 100 valence electrons. The van der Waals surface area contributed by atoms with Crippen molar-refractivity contribution in [2.75, 3.05) is 37.7 Å². The average molecular weight is 268 g/mol. The zero-order chi connectivity index (χ0) is 13.2. The summed E-state index contributed by atoms with van der Waals surface area (Å²) in [5.74, 6) is 0. The zero-order valence-corrected chi connectivity index (χ0v) is 11.9. The molecule has 0 amide bonds. The van der Waals surface area contributed by atoms with Crippen molar-refractivity contribution in [2.24, 2.45) is 5.41 Å². The van der Waals surface area contributed by atoms with Gasteiger partial charge in [-0.1, -0.05) is 18.5 Å². The van der Waals surface area contributed by atoms with Gasteiger partial charge in [-0.25, -0.2) is 0 Å². The number of nitrogens with two attached hydrogens (primary N) is 1. The summed E-state index contributed by atoms with van der Waals surface area (Å²) in [4.78, 5) is 2.39. The number of piperidine rings is 1. The normalized spacial score (nSPS) is 19.7. The first-order valence-electron chi connectivity index (χ1n) is 6.46. The van der Waals surface area contributed by atoms with Gasteiger partial charge in [0.2, 0.25) is 0 Å². The minimum Gasteiger partial charge on any atom is -0.399 e. The van der Waals surface area contributed by atoms with E-state index in [0.29, 0.717) is 16.1 Å². The highest BCUT2D eigenvalue weighted by Crippen LogP contribution is 2.32. The molecule has 0 aromatic heterocycles. The lowest BCUT2D eigenvalue weighted by Gasteiger charge is -2.38. The molecular formula is C14H22ClN3. The molecule has 3 nitrogen and oxygen atoms in total. The van der Waals surface area contributed by atoms with Gasteiger partial charge in [0.15, 0.2) is 0 Å². The molecule has 0 bridgehead atoms. The second kappa shape index (κ2) is 5.37. The minimum atomic E-state index is 0.358. The minimum absolute atomic E-state index is 0.358. The number of benzene rings is 1. The molecule has 1 fully saturated rings. The Hall–Kier alpha value is -0.930. The third-order valence-corrected chi connectivity index (χ3v) is 4.21. The molecule has 1 aromatic carbocycles. The standard InChI is InChI=1S/C14H22ClN3/c1-14(5-7-18(2)8-6-14)10-17-13-4-3-11(16)9-12(13)15/h3-4,9,17H,5-8,10,16H2,1-2H3. The van der Waals surface area contributed by atoms with E-state index < -0.39 is 0 Å². The van der Waals surface area contributed by atoms with Crippen LogP contribution in [0, 0.1) is 5.41 Å². The van der Waals surface area contributed by atoms with Crippen molar-refractivity contribution < 1.29 is 0 Å². The molecule has 1 saturated heterocycles. The number of hydrogen-bond acceptors (Lipinski definition) is 3. The molecule has 0 spiro atoms. The number of rotatable bonds is 3. The van der Waals surface area contributed by atoms with Crippen LogP contribution in [0.5, 0.6) is 0 Å².